The van der Waals surface area contributed by atoms with Gasteiger partial charge in [-0.3, -0.25) is 9.79 Å². The Kier molecular flexibility index (Phi) is 6.14. The fourth-order valence-electron chi connectivity index (χ4n) is 3.86. The third kappa shape index (κ3) is 4.45. The van der Waals surface area contributed by atoms with Crippen molar-refractivity contribution >= 4 is 29.0 Å². The van der Waals surface area contributed by atoms with E-state index >= 15 is 0 Å². The van der Waals surface area contributed by atoms with Crippen LogP contribution in [0.25, 0.3) is 0 Å². The van der Waals surface area contributed by atoms with Gasteiger partial charge in [-0.25, -0.2) is 4.79 Å². The van der Waals surface area contributed by atoms with Crippen LogP contribution in [-0.2, 0) is 16.1 Å². The molecule has 1 aliphatic heterocycles. The van der Waals surface area contributed by atoms with Crippen LogP contribution >= 0.6 is 0 Å². The number of amides is 1. The van der Waals surface area contributed by atoms with Gasteiger partial charge in [0.15, 0.2) is 0 Å². The smallest absolute Gasteiger partial charge is 0.337 e. The normalized spacial score (nSPS) is 15.4. The Morgan fingerprint density at radius 3 is 2.38 bits per heavy atom. The van der Waals surface area contributed by atoms with E-state index in [0.717, 1.165) is 23.4 Å². The van der Waals surface area contributed by atoms with Crippen molar-refractivity contribution in [3.8, 4) is 0 Å². The first kappa shape index (κ1) is 21.5. The highest BCUT2D eigenvalue weighted by atomic mass is 16.5. The van der Waals surface area contributed by atoms with Gasteiger partial charge in [-0.2, -0.15) is 0 Å². The number of methoxy groups -OCH3 is 1. The standard InChI is InChI=1S/C26H25N3O3/c1-29(2)16-17-9-12-20(13-10-17)27-24(18-7-5-4-6-8-18)23-21-14-11-19(26(31)32-3)15-22(21)28-25(23)30/h4-15,23H,16H2,1-3H3,(H,28,30). The first-order valence-electron chi connectivity index (χ1n) is 10.4. The SMILES string of the molecule is COC(=O)c1ccc2c(c1)NC(=O)C2C(=Nc1ccc(CN(C)C)cc1)c1ccccc1. The second-order valence-electron chi connectivity index (χ2n) is 7.98. The van der Waals surface area contributed by atoms with Crippen LogP contribution in [0.2, 0.25) is 0 Å². The van der Waals surface area contributed by atoms with Gasteiger partial charge in [-0.1, -0.05) is 48.5 Å². The molecule has 0 aliphatic carbocycles. The van der Waals surface area contributed by atoms with Gasteiger partial charge < -0.3 is 15.0 Å². The maximum Gasteiger partial charge on any atom is 0.337 e. The quantitative estimate of drug-likeness (QED) is 0.468. The minimum Gasteiger partial charge on any atom is -0.465 e. The van der Waals surface area contributed by atoms with Gasteiger partial charge in [0.1, 0.15) is 5.92 Å². The molecule has 0 spiro atoms. The van der Waals surface area contributed by atoms with Gasteiger partial charge in [0.25, 0.3) is 0 Å². The van der Waals surface area contributed by atoms with Crippen molar-refractivity contribution in [2.75, 3.05) is 26.5 Å². The van der Waals surface area contributed by atoms with Gasteiger partial charge in [-0.15, -0.1) is 0 Å². The lowest BCUT2D eigenvalue weighted by Crippen LogP contribution is -2.21. The number of nitrogens with zero attached hydrogens (tertiary/aromatic N) is 2. The van der Waals surface area contributed by atoms with Gasteiger partial charge in [0, 0.05) is 12.2 Å². The zero-order valence-corrected chi connectivity index (χ0v) is 18.3. The van der Waals surface area contributed by atoms with E-state index in [1.807, 2.05) is 68.7 Å². The van der Waals surface area contributed by atoms with Crippen molar-refractivity contribution in [1.29, 1.82) is 0 Å². The maximum absolute atomic E-state index is 13.0. The van der Waals surface area contributed by atoms with E-state index in [1.165, 1.54) is 12.7 Å². The molecule has 1 amide bonds. The van der Waals surface area contributed by atoms with E-state index in [1.54, 1.807) is 18.2 Å². The number of carbonyl (C=O) groups excluding carboxylic acids is 2. The fourth-order valence-corrected chi connectivity index (χ4v) is 3.86. The summed E-state index contributed by atoms with van der Waals surface area (Å²) in [5.74, 6) is -1.20. The first-order chi connectivity index (χ1) is 15.5. The predicted molar refractivity (Wildman–Crippen MR) is 126 cm³/mol. The third-order valence-electron chi connectivity index (χ3n) is 5.33. The van der Waals surface area contributed by atoms with Crippen LogP contribution in [0.1, 0.15) is 33.0 Å². The van der Waals surface area contributed by atoms with Crippen LogP contribution in [-0.4, -0.2) is 43.7 Å². The lowest BCUT2D eigenvalue weighted by atomic mass is 9.90. The zero-order valence-electron chi connectivity index (χ0n) is 18.3. The number of ether oxygens (including phenoxy) is 1. The topological polar surface area (TPSA) is 71.0 Å². The molecule has 0 fully saturated rings. The second kappa shape index (κ2) is 9.16. The van der Waals surface area contributed by atoms with E-state index in [4.69, 9.17) is 9.73 Å². The average molecular weight is 428 g/mol. The number of aliphatic imine (C=N–C) groups is 1. The summed E-state index contributed by atoms with van der Waals surface area (Å²) in [7, 11) is 5.39. The molecule has 3 aromatic carbocycles. The van der Waals surface area contributed by atoms with Gasteiger partial charge in [0.05, 0.1) is 24.1 Å². The molecule has 6 heteroatoms. The molecule has 4 rings (SSSR count). The Morgan fingerprint density at radius 2 is 1.72 bits per heavy atom. The molecule has 0 bridgehead atoms. The molecule has 1 heterocycles. The van der Waals surface area contributed by atoms with Crippen LogP contribution < -0.4 is 5.32 Å². The summed E-state index contributed by atoms with van der Waals surface area (Å²) in [6.45, 7) is 0.844. The lowest BCUT2D eigenvalue weighted by molar-refractivity contribution is -0.115. The molecule has 1 atom stereocenters. The van der Waals surface area contributed by atoms with Crippen molar-refractivity contribution in [2.45, 2.75) is 12.5 Å². The van der Waals surface area contributed by atoms with E-state index in [-0.39, 0.29) is 5.91 Å². The Hall–Kier alpha value is -3.77. The summed E-state index contributed by atoms with van der Waals surface area (Å²) in [6, 6.07) is 22.9. The van der Waals surface area contributed by atoms with Gasteiger partial charge in [0.2, 0.25) is 5.91 Å². The largest absolute Gasteiger partial charge is 0.465 e. The fraction of sp³-hybridized carbons (Fsp3) is 0.192. The number of hydrogen-bond donors (Lipinski definition) is 1. The van der Waals surface area contributed by atoms with Crippen LogP contribution in [0.15, 0.2) is 77.8 Å². The minimum absolute atomic E-state index is 0.172. The van der Waals surface area contributed by atoms with Gasteiger partial charge in [-0.05, 0) is 55.1 Å². The summed E-state index contributed by atoms with van der Waals surface area (Å²) in [4.78, 5) is 32.0. The molecule has 162 valence electrons. The Morgan fingerprint density at radius 1 is 1.00 bits per heavy atom. The first-order valence-corrected chi connectivity index (χ1v) is 10.4. The summed E-state index contributed by atoms with van der Waals surface area (Å²) in [5.41, 5.74) is 5.28. The van der Waals surface area contributed by atoms with Crippen LogP contribution in [0, 0.1) is 0 Å². The highest BCUT2D eigenvalue weighted by molar-refractivity contribution is 6.24. The van der Waals surface area contributed by atoms with E-state index in [9.17, 15) is 9.59 Å². The molecule has 3 aromatic rings. The van der Waals surface area contributed by atoms with Crippen LogP contribution in [0.4, 0.5) is 11.4 Å². The molecular weight excluding hydrogens is 402 g/mol. The summed E-state index contributed by atoms with van der Waals surface area (Å²) < 4.78 is 4.80. The third-order valence-corrected chi connectivity index (χ3v) is 5.33. The van der Waals surface area contributed by atoms with Crippen LogP contribution in [0.3, 0.4) is 0 Å². The molecular formula is C26H25N3O3. The summed E-state index contributed by atoms with van der Waals surface area (Å²) in [6.07, 6.45) is 0. The number of hydrogen-bond acceptors (Lipinski definition) is 5. The van der Waals surface area contributed by atoms with Crippen molar-refractivity contribution in [1.82, 2.24) is 4.90 Å². The molecule has 6 nitrogen and oxygen atoms in total. The molecule has 0 saturated carbocycles. The number of carbonyl (C=O) groups is 2. The second-order valence-corrected chi connectivity index (χ2v) is 7.98. The maximum atomic E-state index is 13.0. The van der Waals surface area contributed by atoms with E-state index < -0.39 is 11.9 Å². The Balaban J connectivity index is 1.77. The number of anilines is 1. The number of fused-ring (bicyclic) bond motifs is 1. The molecule has 1 unspecified atom stereocenters. The zero-order chi connectivity index (χ0) is 22.7. The molecule has 1 aliphatic rings. The van der Waals surface area contributed by atoms with Gasteiger partial charge >= 0.3 is 5.97 Å². The van der Waals surface area contributed by atoms with Crippen molar-refractivity contribution in [2.24, 2.45) is 4.99 Å². The minimum atomic E-state index is -0.583. The predicted octanol–water partition coefficient (Wildman–Crippen LogP) is 4.39. The average Bonchev–Trinajstić information content (AvgIpc) is 3.13. The number of rotatable bonds is 6. The highest BCUT2D eigenvalue weighted by Gasteiger charge is 2.35. The van der Waals surface area contributed by atoms with Crippen molar-refractivity contribution in [3.05, 3.63) is 95.1 Å². The number of benzene rings is 3. The lowest BCUT2D eigenvalue weighted by Gasteiger charge is -2.14. The molecule has 32 heavy (non-hydrogen) atoms. The van der Waals surface area contributed by atoms with E-state index in [2.05, 4.69) is 10.2 Å². The summed E-state index contributed by atoms with van der Waals surface area (Å²) >= 11 is 0. The molecule has 1 N–H and O–H groups in total. The van der Waals surface area contributed by atoms with Crippen molar-refractivity contribution < 1.29 is 14.3 Å². The van der Waals surface area contributed by atoms with E-state index in [0.29, 0.717) is 17.0 Å². The van der Waals surface area contributed by atoms with Crippen molar-refractivity contribution in [3.63, 3.8) is 0 Å². The molecule has 0 aromatic heterocycles. The number of nitrogens with one attached hydrogen (secondary N) is 1. The van der Waals surface area contributed by atoms with Crippen LogP contribution in [0.5, 0.6) is 0 Å². The molecule has 0 radical (unpaired) electrons. The molecule has 0 saturated heterocycles. The summed E-state index contributed by atoms with van der Waals surface area (Å²) in [5, 5.41) is 2.90. The Bertz CT molecular complexity index is 1170. The Labute approximate surface area is 187 Å². The monoisotopic (exact) mass is 427 g/mol. The number of esters is 1. The highest BCUT2D eigenvalue weighted by Crippen LogP contribution is 2.37.